The number of sulfonamides is 1. The highest BCUT2D eigenvalue weighted by Crippen LogP contribution is 2.28. The average molecular weight is 345 g/mol. The van der Waals surface area contributed by atoms with Crippen LogP contribution in [0, 0.1) is 0 Å². The van der Waals surface area contributed by atoms with Gasteiger partial charge < -0.3 is 10.6 Å². The Kier molecular flexibility index (Phi) is 5.54. The average Bonchev–Trinajstić information content (AvgIpc) is 3.16. The minimum Gasteiger partial charge on any atom is -0.348 e. The number of carbonyl (C=O) groups excluding carboxylic acids is 2. The van der Waals surface area contributed by atoms with Crippen LogP contribution in [-0.4, -0.2) is 50.2 Å². The van der Waals surface area contributed by atoms with E-state index in [1.54, 1.807) is 24.4 Å². The first-order chi connectivity index (χ1) is 10.5. The molecule has 0 saturated carbocycles. The second kappa shape index (κ2) is 7.21. The zero-order chi connectivity index (χ0) is 16.2. The molecule has 122 valence electrons. The van der Waals surface area contributed by atoms with Crippen molar-refractivity contribution in [1.29, 1.82) is 0 Å². The topological polar surface area (TPSA) is 95.6 Å². The van der Waals surface area contributed by atoms with Gasteiger partial charge in [-0.15, -0.1) is 11.3 Å². The lowest BCUT2D eigenvalue weighted by Gasteiger charge is -2.23. The number of carbonyl (C=O) groups is 2. The van der Waals surface area contributed by atoms with Gasteiger partial charge in [0.2, 0.25) is 0 Å². The van der Waals surface area contributed by atoms with E-state index in [4.69, 9.17) is 0 Å². The summed E-state index contributed by atoms with van der Waals surface area (Å²) in [6, 6.07) is 2.95. The standard InChI is InChI=1S/C13H19N3O4S2/c1-2-14-12(17)13(18)15-9-10-5-3-7-16(10)22(19,20)11-6-4-8-21-11/h4,6,8,10H,2-3,5,7,9H2,1H3,(H,14,17)(H,15,18)/t10-/m0/s1. The van der Waals surface area contributed by atoms with E-state index in [1.165, 1.54) is 15.6 Å². The first-order valence-corrected chi connectivity index (χ1v) is 9.40. The molecule has 0 radical (unpaired) electrons. The number of likely N-dealkylation sites (N-methyl/N-ethyl adjacent to an activating group) is 1. The summed E-state index contributed by atoms with van der Waals surface area (Å²) in [5, 5.41) is 6.62. The fourth-order valence-electron chi connectivity index (χ4n) is 2.39. The number of thiophene rings is 1. The smallest absolute Gasteiger partial charge is 0.309 e. The van der Waals surface area contributed by atoms with E-state index in [0.29, 0.717) is 23.7 Å². The third-order valence-electron chi connectivity index (χ3n) is 3.42. The predicted molar refractivity (Wildman–Crippen MR) is 82.9 cm³/mol. The molecule has 0 aromatic carbocycles. The van der Waals surface area contributed by atoms with E-state index >= 15 is 0 Å². The van der Waals surface area contributed by atoms with Crippen LogP contribution in [-0.2, 0) is 19.6 Å². The Morgan fingerprint density at radius 2 is 2.09 bits per heavy atom. The maximum atomic E-state index is 12.5. The van der Waals surface area contributed by atoms with E-state index in [2.05, 4.69) is 10.6 Å². The molecule has 1 aliphatic rings. The highest BCUT2D eigenvalue weighted by molar-refractivity contribution is 7.91. The van der Waals surface area contributed by atoms with Crippen LogP contribution >= 0.6 is 11.3 Å². The van der Waals surface area contributed by atoms with Gasteiger partial charge in [-0.1, -0.05) is 6.07 Å². The van der Waals surface area contributed by atoms with Gasteiger partial charge in [0.15, 0.2) is 0 Å². The third kappa shape index (κ3) is 3.65. The van der Waals surface area contributed by atoms with E-state index < -0.39 is 21.8 Å². The maximum absolute atomic E-state index is 12.5. The van der Waals surface area contributed by atoms with E-state index in [-0.39, 0.29) is 12.6 Å². The summed E-state index contributed by atoms with van der Waals surface area (Å²) in [7, 11) is -3.52. The Bertz CT molecular complexity index is 628. The second-order valence-corrected chi connectivity index (χ2v) is 7.98. The molecule has 0 unspecified atom stereocenters. The molecule has 2 N–H and O–H groups in total. The van der Waals surface area contributed by atoms with Gasteiger partial charge in [-0.2, -0.15) is 4.31 Å². The Labute approximate surface area is 133 Å². The minimum absolute atomic E-state index is 0.139. The van der Waals surface area contributed by atoms with E-state index in [0.717, 1.165) is 6.42 Å². The molecule has 1 atom stereocenters. The van der Waals surface area contributed by atoms with Gasteiger partial charge in [0, 0.05) is 25.7 Å². The first-order valence-electron chi connectivity index (χ1n) is 7.08. The molecule has 22 heavy (non-hydrogen) atoms. The second-order valence-electron chi connectivity index (χ2n) is 4.91. The van der Waals surface area contributed by atoms with Crippen LogP contribution in [0.1, 0.15) is 19.8 Å². The molecular formula is C13H19N3O4S2. The largest absolute Gasteiger partial charge is 0.348 e. The van der Waals surface area contributed by atoms with Crippen molar-refractivity contribution >= 4 is 33.2 Å². The van der Waals surface area contributed by atoms with Crippen molar-refractivity contribution in [1.82, 2.24) is 14.9 Å². The zero-order valence-electron chi connectivity index (χ0n) is 12.2. The van der Waals surface area contributed by atoms with Crippen molar-refractivity contribution in [3.8, 4) is 0 Å². The number of rotatable bonds is 5. The number of amides is 2. The van der Waals surface area contributed by atoms with Crippen molar-refractivity contribution in [2.24, 2.45) is 0 Å². The lowest BCUT2D eigenvalue weighted by molar-refractivity contribution is -0.139. The van der Waals surface area contributed by atoms with Crippen molar-refractivity contribution in [3.63, 3.8) is 0 Å². The van der Waals surface area contributed by atoms with Crippen molar-refractivity contribution < 1.29 is 18.0 Å². The number of nitrogens with zero attached hydrogens (tertiary/aromatic N) is 1. The van der Waals surface area contributed by atoms with Crippen LogP contribution in [0.2, 0.25) is 0 Å². The van der Waals surface area contributed by atoms with Crippen molar-refractivity contribution in [2.75, 3.05) is 19.6 Å². The molecule has 0 aliphatic carbocycles. The van der Waals surface area contributed by atoms with Gasteiger partial charge in [0.05, 0.1) is 0 Å². The van der Waals surface area contributed by atoms with E-state index in [1.807, 2.05) is 0 Å². The summed E-state index contributed by atoms with van der Waals surface area (Å²) in [6.07, 6.45) is 1.41. The summed E-state index contributed by atoms with van der Waals surface area (Å²) in [4.78, 5) is 22.9. The fraction of sp³-hybridized carbons (Fsp3) is 0.538. The summed E-state index contributed by atoms with van der Waals surface area (Å²) in [5.41, 5.74) is 0. The Hall–Kier alpha value is -1.45. The van der Waals surface area contributed by atoms with Gasteiger partial charge in [0.1, 0.15) is 4.21 Å². The van der Waals surface area contributed by atoms with Crippen molar-refractivity contribution in [3.05, 3.63) is 17.5 Å². The summed E-state index contributed by atoms with van der Waals surface area (Å²) in [5.74, 6) is -1.43. The molecule has 1 aromatic heterocycles. The van der Waals surface area contributed by atoms with Crippen LogP contribution in [0.5, 0.6) is 0 Å². The molecule has 0 bridgehead atoms. The van der Waals surface area contributed by atoms with Gasteiger partial charge >= 0.3 is 11.8 Å². The molecule has 1 fully saturated rings. The molecule has 1 aromatic rings. The fourth-order valence-corrected chi connectivity index (χ4v) is 5.20. The Balaban J connectivity index is 2.00. The summed E-state index contributed by atoms with van der Waals surface area (Å²) in [6.45, 7) is 2.66. The predicted octanol–water partition coefficient (Wildman–Crippen LogP) is 0.154. The molecule has 7 nitrogen and oxygen atoms in total. The molecular weight excluding hydrogens is 326 g/mol. The van der Waals surface area contributed by atoms with Gasteiger partial charge in [0.25, 0.3) is 10.0 Å². The highest BCUT2D eigenvalue weighted by atomic mass is 32.2. The molecule has 2 heterocycles. The van der Waals surface area contributed by atoms with Crippen LogP contribution in [0.3, 0.4) is 0 Å². The number of hydrogen-bond donors (Lipinski definition) is 2. The quantitative estimate of drug-likeness (QED) is 0.743. The monoisotopic (exact) mass is 345 g/mol. The maximum Gasteiger partial charge on any atom is 0.309 e. The molecule has 2 amide bonds. The van der Waals surface area contributed by atoms with Crippen LogP contribution in [0.15, 0.2) is 21.7 Å². The molecule has 9 heteroatoms. The summed E-state index contributed by atoms with van der Waals surface area (Å²) < 4.78 is 26.8. The number of hydrogen-bond acceptors (Lipinski definition) is 5. The van der Waals surface area contributed by atoms with Crippen LogP contribution in [0.4, 0.5) is 0 Å². The SMILES string of the molecule is CCNC(=O)C(=O)NC[C@@H]1CCCN1S(=O)(=O)c1cccs1. The van der Waals surface area contributed by atoms with E-state index in [9.17, 15) is 18.0 Å². The van der Waals surface area contributed by atoms with Gasteiger partial charge in [-0.05, 0) is 31.2 Å². The van der Waals surface area contributed by atoms with Crippen LogP contribution < -0.4 is 10.6 Å². The zero-order valence-corrected chi connectivity index (χ0v) is 13.9. The summed E-state index contributed by atoms with van der Waals surface area (Å²) >= 11 is 1.17. The first kappa shape index (κ1) is 16.9. The molecule has 1 saturated heterocycles. The van der Waals surface area contributed by atoms with Gasteiger partial charge in [-0.3, -0.25) is 9.59 Å². The van der Waals surface area contributed by atoms with Gasteiger partial charge in [-0.25, -0.2) is 8.42 Å². The number of nitrogens with one attached hydrogen (secondary N) is 2. The van der Waals surface area contributed by atoms with Crippen LogP contribution in [0.25, 0.3) is 0 Å². The molecule has 2 rings (SSSR count). The molecule has 1 aliphatic heterocycles. The highest BCUT2D eigenvalue weighted by Gasteiger charge is 2.36. The minimum atomic E-state index is -3.52. The third-order valence-corrected chi connectivity index (χ3v) is 6.75. The molecule has 0 spiro atoms. The lowest BCUT2D eigenvalue weighted by atomic mass is 10.2. The lowest BCUT2D eigenvalue weighted by Crippen LogP contribution is -2.46. The Morgan fingerprint density at radius 3 is 2.73 bits per heavy atom. The normalized spacial score (nSPS) is 19.0. The van der Waals surface area contributed by atoms with Crippen molar-refractivity contribution in [2.45, 2.75) is 30.0 Å². The Morgan fingerprint density at radius 1 is 1.36 bits per heavy atom.